The molecule has 0 spiro atoms. The average molecular weight is 537 g/mol. The molecule has 1 N–H and O–H groups in total. The number of benzene rings is 2. The van der Waals surface area contributed by atoms with Crippen molar-refractivity contribution in [2.24, 2.45) is 0 Å². The van der Waals surface area contributed by atoms with E-state index in [2.05, 4.69) is 21.2 Å². The second-order valence-electron chi connectivity index (χ2n) is 6.52. The Kier molecular flexibility index (Phi) is 8.27. The van der Waals surface area contributed by atoms with Crippen molar-refractivity contribution in [1.29, 1.82) is 0 Å². The standard InChI is InChI=1S/C22H21BrN2O5S2/c1-4-30-20-16(23)8-13(9-17(20)29-2)10-18-21(27)25(22(28)32-18)12-19(26)24-14-6-5-7-15(11-14)31-3/h5-11H,4,12H2,1-3H3,(H,24,26)/b18-10+. The van der Waals surface area contributed by atoms with Crippen LogP contribution in [0.25, 0.3) is 6.08 Å². The molecule has 0 bridgehead atoms. The lowest BCUT2D eigenvalue weighted by Crippen LogP contribution is -2.36. The monoisotopic (exact) mass is 536 g/mol. The minimum absolute atomic E-state index is 0.227. The summed E-state index contributed by atoms with van der Waals surface area (Å²) in [7, 11) is 1.52. The molecule has 2 aromatic rings. The summed E-state index contributed by atoms with van der Waals surface area (Å²) < 4.78 is 11.6. The van der Waals surface area contributed by atoms with Crippen molar-refractivity contribution < 1.29 is 23.9 Å². The maximum absolute atomic E-state index is 12.8. The Morgan fingerprint density at radius 2 is 2.06 bits per heavy atom. The Morgan fingerprint density at radius 3 is 2.75 bits per heavy atom. The normalized spacial score (nSPS) is 14.8. The van der Waals surface area contributed by atoms with Gasteiger partial charge in [0.2, 0.25) is 5.91 Å². The Bertz CT molecular complexity index is 1090. The van der Waals surface area contributed by atoms with Crippen LogP contribution in [0.2, 0.25) is 0 Å². The first kappa shape index (κ1) is 24.2. The highest BCUT2D eigenvalue weighted by atomic mass is 79.9. The molecule has 3 rings (SSSR count). The highest BCUT2D eigenvalue weighted by Gasteiger charge is 2.36. The lowest BCUT2D eigenvalue weighted by atomic mass is 10.2. The van der Waals surface area contributed by atoms with Gasteiger partial charge in [0.25, 0.3) is 11.1 Å². The zero-order valence-corrected chi connectivity index (χ0v) is 20.9. The number of rotatable bonds is 8. The zero-order valence-electron chi connectivity index (χ0n) is 17.6. The highest BCUT2D eigenvalue weighted by molar-refractivity contribution is 9.10. The maximum atomic E-state index is 12.8. The van der Waals surface area contributed by atoms with Gasteiger partial charge in [0.05, 0.1) is 23.1 Å². The zero-order chi connectivity index (χ0) is 23.3. The number of anilines is 1. The van der Waals surface area contributed by atoms with Gasteiger partial charge in [-0.3, -0.25) is 19.3 Å². The second kappa shape index (κ2) is 10.9. The van der Waals surface area contributed by atoms with Crippen LogP contribution >= 0.6 is 39.5 Å². The van der Waals surface area contributed by atoms with Crippen molar-refractivity contribution in [2.45, 2.75) is 11.8 Å². The number of nitrogens with zero attached hydrogens (tertiary/aromatic N) is 1. The van der Waals surface area contributed by atoms with Crippen molar-refractivity contribution in [3.05, 3.63) is 51.3 Å². The molecule has 168 valence electrons. The topological polar surface area (TPSA) is 84.9 Å². The maximum Gasteiger partial charge on any atom is 0.294 e. The van der Waals surface area contributed by atoms with Gasteiger partial charge in [-0.15, -0.1) is 11.8 Å². The van der Waals surface area contributed by atoms with Crippen LogP contribution in [0, 0.1) is 0 Å². The van der Waals surface area contributed by atoms with Gasteiger partial charge in [-0.2, -0.15) is 0 Å². The van der Waals surface area contributed by atoms with Crippen LogP contribution < -0.4 is 14.8 Å². The lowest BCUT2D eigenvalue weighted by Gasteiger charge is -2.13. The molecule has 0 aromatic heterocycles. The molecular weight excluding hydrogens is 516 g/mol. The number of amides is 3. The van der Waals surface area contributed by atoms with Crippen molar-refractivity contribution in [1.82, 2.24) is 4.90 Å². The SMILES string of the molecule is CCOc1c(Br)cc(/C=C2/SC(=O)N(CC(=O)Nc3cccc(SC)c3)C2=O)cc1OC. The van der Waals surface area contributed by atoms with Crippen LogP contribution in [0.15, 0.2) is 50.7 Å². The first-order chi connectivity index (χ1) is 15.4. The third-order valence-electron chi connectivity index (χ3n) is 4.37. The summed E-state index contributed by atoms with van der Waals surface area (Å²) in [5, 5.41) is 2.23. The molecule has 0 atom stereocenters. The van der Waals surface area contributed by atoms with Crippen LogP contribution in [0.4, 0.5) is 10.5 Å². The van der Waals surface area contributed by atoms with Gasteiger partial charge in [0, 0.05) is 10.6 Å². The number of carbonyl (C=O) groups excluding carboxylic acids is 3. The summed E-state index contributed by atoms with van der Waals surface area (Å²) in [5.74, 6) is 0.0929. The molecule has 3 amide bonds. The molecule has 2 aromatic carbocycles. The molecular formula is C22H21BrN2O5S2. The number of hydrogen-bond donors (Lipinski definition) is 1. The Labute approximate surface area is 203 Å². The van der Waals surface area contributed by atoms with Gasteiger partial charge < -0.3 is 14.8 Å². The second-order valence-corrected chi connectivity index (χ2v) is 9.24. The van der Waals surface area contributed by atoms with Crippen LogP contribution in [0.5, 0.6) is 11.5 Å². The van der Waals surface area contributed by atoms with Crippen LogP contribution in [0.3, 0.4) is 0 Å². The van der Waals surface area contributed by atoms with E-state index in [1.54, 1.807) is 36.0 Å². The van der Waals surface area contributed by atoms with Gasteiger partial charge >= 0.3 is 0 Å². The molecule has 1 fully saturated rings. The Morgan fingerprint density at radius 1 is 1.28 bits per heavy atom. The molecule has 1 aliphatic rings. The van der Waals surface area contributed by atoms with Crippen molar-refractivity contribution in [3.63, 3.8) is 0 Å². The van der Waals surface area contributed by atoms with E-state index in [-0.39, 0.29) is 11.4 Å². The number of nitrogens with one attached hydrogen (secondary N) is 1. The average Bonchev–Trinajstić information content (AvgIpc) is 3.02. The predicted molar refractivity (Wildman–Crippen MR) is 131 cm³/mol. The lowest BCUT2D eigenvalue weighted by molar-refractivity contribution is -0.127. The third kappa shape index (κ3) is 5.67. The van der Waals surface area contributed by atoms with E-state index in [9.17, 15) is 14.4 Å². The summed E-state index contributed by atoms with van der Waals surface area (Å²) in [6.45, 7) is 1.98. The highest BCUT2D eigenvalue weighted by Crippen LogP contribution is 2.39. The summed E-state index contributed by atoms with van der Waals surface area (Å²) in [6, 6.07) is 10.8. The number of ether oxygens (including phenoxy) is 2. The van der Waals surface area contributed by atoms with Gasteiger partial charge in [-0.1, -0.05) is 6.07 Å². The summed E-state index contributed by atoms with van der Waals surface area (Å²) >= 11 is 5.79. The van der Waals surface area contributed by atoms with Crippen molar-refractivity contribution in [3.8, 4) is 11.5 Å². The van der Waals surface area contributed by atoms with E-state index in [0.29, 0.717) is 33.8 Å². The Balaban J connectivity index is 1.74. The molecule has 1 heterocycles. The van der Waals surface area contributed by atoms with E-state index >= 15 is 0 Å². The fraction of sp³-hybridized carbons (Fsp3) is 0.227. The molecule has 1 saturated heterocycles. The van der Waals surface area contributed by atoms with E-state index in [1.165, 1.54) is 7.11 Å². The number of methoxy groups -OCH3 is 1. The quantitative estimate of drug-likeness (QED) is 0.364. The summed E-state index contributed by atoms with van der Waals surface area (Å²) in [6.07, 6.45) is 3.53. The van der Waals surface area contributed by atoms with E-state index in [0.717, 1.165) is 21.6 Å². The number of hydrogen-bond acceptors (Lipinski definition) is 7. The van der Waals surface area contributed by atoms with E-state index in [4.69, 9.17) is 9.47 Å². The van der Waals surface area contributed by atoms with Crippen molar-refractivity contribution >= 4 is 68.3 Å². The molecule has 0 aliphatic carbocycles. The fourth-order valence-corrected chi connectivity index (χ4v) is 4.81. The smallest absolute Gasteiger partial charge is 0.294 e. The molecule has 0 unspecified atom stereocenters. The van der Waals surface area contributed by atoms with E-state index in [1.807, 2.05) is 31.4 Å². The number of imide groups is 1. The van der Waals surface area contributed by atoms with Crippen LogP contribution in [0.1, 0.15) is 12.5 Å². The summed E-state index contributed by atoms with van der Waals surface area (Å²) in [4.78, 5) is 39.8. The van der Waals surface area contributed by atoms with Gasteiger partial charge in [0.1, 0.15) is 6.54 Å². The molecule has 32 heavy (non-hydrogen) atoms. The first-order valence-corrected chi connectivity index (χ1v) is 12.4. The number of carbonyl (C=O) groups is 3. The fourth-order valence-electron chi connectivity index (χ4n) is 2.94. The van der Waals surface area contributed by atoms with Crippen LogP contribution in [-0.4, -0.2) is 48.5 Å². The van der Waals surface area contributed by atoms with Gasteiger partial charge in [0.15, 0.2) is 11.5 Å². The first-order valence-electron chi connectivity index (χ1n) is 9.55. The van der Waals surface area contributed by atoms with Gasteiger partial charge in [-0.05, 0) is 82.8 Å². The van der Waals surface area contributed by atoms with E-state index < -0.39 is 17.1 Å². The number of thioether (sulfide) groups is 2. The summed E-state index contributed by atoms with van der Waals surface area (Å²) in [5.41, 5.74) is 1.26. The van der Waals surface area contributed by atoms with Crippen LogP contribution in [-0.2, 0) is 9.59 Å². The number of halogens is 1. The molecule has 10 heteroatoms. The van der Waals surface area contributed by atoms with Gasteiger partial charge in [-0.25, -0.2) is 0 Å². The third-order valence-corrected chi connectivity index (χ3v) is 6.59. The minimum atomic E-state index is -0.517. The molecule has 0 radical (unpaired) electrons. The largest absolute Gasteiger partial charge is 0.493 e. The Hall–Kier alpha value is -2.43. The van der Waals surface area contributed by atoms with Crippen molar-refractivity contribution in [2.75, 3.05) is 31.8 Å². The minimum Gasteiger partial charge on any atom is -0.493 e. The molecule has 7 nitrogen and oxygen atoms in total. The predicted octanol–water partition coefficient (Wildman–Crippen LogP) is 5.25. The molecule has 1 aliphatic heterocycles. The molecule has 0 saturated carbocycles.